The monoisotopic (exact) mass is 351 g/mol. The van der Waals surface area contributed by atoms with Gasteiger partial charge in [0.25, 0.3) is 0 Å². The quantitative estimate of drug-likeness (QED) is 0.717. The molecule has 0 radical (unpaired) electrons. The van der Waals surface area contributed by atoms with Gasteiger partial charge in [-0.1, -0.05) is 18.2 Å². The molecular formula is C18H19F2NO4. The number of anilines is 1. The van der Waals surface area contributed by atoms with Gasteiger partial charge in [-0.15, -0.1) is 0 Å². The number of carboxylic acid groups (broad SMARTS) is 1. The molecule has 0 aromatic heterocycles. The van der Waals surface area contributed by atoms with E-state index in [1.54, 1.807) is 12.1 Å². The maximum Gasteiger partial charge on any atom is 0.387 e. The summed E-state index contributed by atoms with van der Waals surface area (Å²) in [7, 11) is 1.39. The highest BCUT2D eigenvalue weighted by atomic mass is 19.3. The number of carboxylic acids is 1. The van der Waals surface area contributed by atoms with Crippen molar-refractivity contribution in [3.63, 3.8) is 0 Å². The van der Waals surface area contributed by atoms with Crippen molar-refractivity contribution in [2.24, 2.45) is 0 Å². The number of aliphatic carboxylic acids is 1. The van der Waals surface area contributed by atoms with Gasteiger partial charge in [0.15, 0.2) is 11.5 Å². The highest BCUT2D eigenvalue weighted by molar-refractivity contribution is 5.67. The van der Waals surface area contributed by atoms with E-state index >= 15 is 0 Å². The number of rotatable bonds is 9. The van der Waals surface area contributed by atoms with E-state index in [1.807, 2.05) is 24.3 Å². The molecule has 0 fully saturated rings. The molecule has 0 saturated carbocycles. The van der Waals surface area contributed by atoms with Crippen LogP contribution in [0.2, 0.25) is 0 Å². The van der Waals surface area contributed by atoms with E-state index in [1.165, 1.54) is 13.2 Å². The van der Waals surface area contributed by atoms with Gasteiger partial charge >= 0.3 is 12.6 Å². The lowest BCUT2D eigenvalue weighted by Crippen LogP contribution is -2.05. The minimum Gasteiger partial charge on any atom is -0.493 e. The molecule has 0 aliphatic heterocycles. The average molecular weight is 351 g/mol. The second-order valence-corrected chi connectivity index (χ2v) is 5.31. The fraction of sp³-hybridized carbons (Fsp3) is 0.278. The summed E-state index contributed by atoms with van der Waals surface area (Å²) in [5.41, 5.74) is 2.59. The number of carbonyl (C=O) groups is 1. The molecule has 7 heteroatoms. The lowest BCUT2D eigenvalue weighted by atomic mass is 10.1. The second-order valence-electron chi connectivity index (χ2n) is 5.31. The second kappa shape index (κ2) is 8.86. The number of aryl methyl sites for hydroxylation is 1. The van der Waals surface area contributed by atoms with Crippen molar-refractivity contribution in [3.05, 3.63) is 53.6 Å². The minimum absolute atomic E-state index is 0.0167. The predicted octanol–water partition coefficient (Wildman–Crippen LogP) is 3.93. The molecule has 0 heterocycles. The number of ether oxygens (including phenoxy) is 2. The molecule has 0 amide bonds. The van der Waals surface area contributed by atoms with Crippen LogP contribution in [-0.2, 0) is 17.8 Å². The Morgan fingerprint density at radius 3 is 2.64 bits per heavy atom. The van der Waals surface area contributed by atoms with Crippen molar-refractivity contribution in [1.29, 1.82) is 0 Å². The highest BCUT2D eigenvalue weighted by Crippen LogP contribution is 2.29. The molecule has 134 valence electrons. The first-order valence-corrected chi connectivity index (χ1v) is 7.64. The van der Waals surface area contributed by atoms with E-state index in [9.17, 15) is 13.6 Å². The molecule has 25 heavy (non-hydrogen) atoms. The topological polar surface area (TPSA) is 67.8 Å². The van der Waals surface area contributed by atoms with E-state index in [2.05, 4.69) is 10.1 Å². The van der Waals surface area contributed by atoms with Crippen LogP contribution >= 0.6 is 0 Å². The zero-order valence-corrected chi connectivity index (χ0v) is 13.7. The van der Waals surface area contributed by atoms with Crippen LogP contribution in [0.25, 0.3) is 0 Å². The normalized spacial score (nSPS) is 10.6. The summed E-state index contributed by atoms with van der Waals surface area (Å²) in [6.07, 6.45) is 0.532. The van der Waals surface area contributed by atoms with Gasteiger partial charge < -0.3 is 19.9 Å². The minimum atomic E-state index is -2.91. The van der Waals surface area contributed by atoms with Gasteiger partial charge in [0.1, 0.15) is 0 Å². The van der Waals surface area contributed by atoms with Crippen molar-refractivity contribution >= 4 is 11.7 Å². The third-order valence-corrected chi connectivity index (χ3v) is 3.50. The Bertz CT molecular complexity index is 722. The van der Waals surface area contributed by atoms with E-state index in [0.29, 0.717) is 13.0 Å². The van der Waals surface area contributed by atoms with Gasteiger partial charge in [0.05, 0.1) is 7.11 Å². The van der Waals surface area contributed by atoms with Crippen molar-refractivity contribution in [2.75, 3.05) is 12.4 Å². The molecule has 0 unspecified atom stereocenters. The SMILES string of the molecule is COc1cc(CNc2cccc(CCC(=O)O)c2)ccc1OC(F)F. The number of hydrogen-bond donors (Lipinski definition) is 2. The van der Waals surface area contributed by atoms with Gasteiger partial charge in [-0.3, -0.25) is 4.79 Å². The van der Waals surface area contributed by atoms with Crippen molar-refractivity contribution in [1.82, 2.24) is 0 Å². The number of alkyl halides is 2. The van der Waals surface area contributed by atoms with E-state index < -0.39 is 12.6 Å². The predicted molar refractivity (Wildman–Crippen MR) is 89.4 cm³/mol. The Morgan fingerprint density at radius 2 is 1.96 bits per heavy atom. The molecule has 0 aliphatic rings. The van der Waals surface area contributed by atoms with Crippen molar-refractivity contribution in [3.8, 4) is 11.5 Å². The first kappa shape index (κ1) is 18.5. The van der Waals surface area contributed by atoms with Crippen LogP contribution in [0.4, 0.5) is 14.5 Å². The molecule has 2 N–H and O–H groups in total. The first-order valence-electron chi connectivity index (χ1n) is 7.64. The highest BCUT2D eigenvalue weighted by Gasteiger charge is 2.11. The fourth-order valence-corrected chi connectivity index (χ4v) is 2.31. The molecule has 2 aromatic rings. The van der Waals surface area contributed by atoms with E-state index in [0.717, 1.165) is 16.8 Å². The zero-order valence-electron chi connectivity index (χ0n) is 13.7. The Kier molecular flexibility index (Phi) is 6.56. The molecule has 2 rings (SSSR count). The van der Waals surface area contributed by atoms with Crippen molar-refractivity contribution < 1.29 is 28.2 Å². The van der Waals surface area contributed by atoms with Gasteiger partial charge in [0, 0.05) is 18.7 Å². The Hall–Kier alpha value is -2.83. The van der Waals surface area contributed by atoms with E-state index in [4.69, 9.17) is 9.84 Å². The number of methoxy groups -OCH3 is 1. The van der Waals surface area contributed by atoms with Crippen LogP contribution in [0.5, 0.6) is 11.5 Å². The van der Waals surface area contributed by atoms with Crippen LogP contribution in [-0.4, -0.2) is 24.8 Å². The number of halogens is 2. The Morgan fingerprint density at radius 1 is 1.16 bits per heavy atom. The average Bonchev–Trinajstić information content (AvgIpc) is 2.59. The number of benzene rings is 2. The molecule has 0 spiro atoms. The maximum absolute atomic E-state index is 12.3. The fourth-order valence-electron chi connectivity index (χ4n) is 2.31. The van der Waals surface area contributed by atoms with Crippen LogP contribution < -0.4 is 14.8 Å². The summed E-state index contributed by atoms with van der Waals surface area (Å²) >= 11 is 0. The largest absolute Gasteiger partial charge is 0.493 e. The molecule has 0 saturated heterocycles. The lowest BCUT2D eigenvalue weighted by molar-refractivity contribution is -0.136. The number of nitrogens with one attached hydrogen (secondary N) is 1. The Labute approximate surface area is 144 Å². The summed E-state index contributed by atoms with van der Waals surface area (Å²) in [4.78, 5) is 10.6. The summed E-state index contributed by atoms with van der Waals surface area (Å²) in [6.45, 7) is -2.46. The third kappa shape index (κ3) is 5.95. The summed E-state index contributed by atoms with van der Waals surface area (Å²) in [6, 6.07) is 12.2. The van der Waals surface area contributed by atoms with Crippen LogP contribution in [0.3, 0.4) is 0 Å². The smallest absolute Gasteiger partial charge is 0.387 e. The van der Waals surface area contributed by atoms with Gasteiger partial charge in [-0.25, -0.2) is 0 Å². The third-order valence-electron chi connectivity index (χ3n) is 3.50. The molecule has 2 aromatic carbocycles. The standard InChI is InChI=1S/C18H19F2NO4/c1-24-16-10-13(5-7-15(16)25-18(19)20)11-21-14-4-2-3-12(9-14)6-8-17(22)23/h2-5,7,9-10,18,21H,6,8,11H2,1H3,(H,22,23). The summed E-state index contributed by atoms with van der Waals surface area (Å²) in [5.74, 6) is -0.622. The van der Waals surface area contributed by atoms with Gasteiger partial charge in [-0.2, -0.15) is 8.78 Å². The summed E-state index contributed by atoms with van der Waals surface area (Å²) < 4.78 is 34.1. The van der Waals surface area contributed by atoms with Gasteiger partial charge in [-0.05, 0) is 41.8 Å². The zero-order chi connectivity index (χ0) is 18.2. The van der Waals surface area contributed by atoms with Crippen LogP contribution in [0.1, 0.15) is 17.5 Å². The maximum atomic E-state index is 12.3. The number of hydrogen-bond acceptors (Lipinski definition) is 4. The molecular weight excluding hydrogens is 332 g/mol. The molecule has 0 aliphatic carbocycles. The van der Waals surface area contributed by atoms with Crippen LogP contribution in [0, 0.1) is 0 Å². The summed E-state index contributed by atoms with van der Waals surface area (Å²) in [5, 5.41) is 11.9. The Balaban J connectivity index is 2.01. The first-order chi connectivity index (χ1) is 12.0. The van der Waals surface area contributed by atoms with Crippen molar-refractivity contribution in [2.45, 2.75) is 26.0 Å². The molecule has 0 atom stereocenters. The van der Waals surface area contributed by atoms with E-state index in [-0.39, 0.29) is 17.9 Å². The van der Waals surface area contributed by atoms with Crippen LogP contribution in [0.15, 0.2) is 42.5 Å². The molecule has 0 bridgehead atoms. The molecule has 5 nitrogen and oxygen atoms in total. The lowest BCUT2D eigenvalue weighted by Gasteiger charge is -2.12. The van der Waals surface area contributed by atoms with Gasteiger partial charge in [0.2, 0.25) is 0 Å².